The molecule has 20 heavy (non-hydrogen) atoms. The Morgan fingerprint density at radius 1 is 1.20 bits per heavy atom. The van der Waals surface area contributed by atoms with Crippen LogP contribution in [-0.4, -0.2) is 24.8 Å². The molecular formula is C17H26ClNO. The van der Waals surface area contributed by atoms with E-state index in [1.807, 2.05) is 12.1 Å². The predicted molar refractivity (Wildman–Crippen MR) is 85.7 cm³/mol. The standard InChI is InChI=1S/C17H26ClNO/c1-13(2)12-16(19(3,4)20)17(10-5-11-17)14-6-8-15(18)9-7-14/h6-9,13,16H,5,10-12H2,1-4H3. The summed E-state index contributed by atoms with van der Waals surface area (Å²) in [6.07, 6.45) is 4.43. The van der Waals surface area contributed by atoms with E-state index in [0.717, 1.165) is 24.3 Å². The van der Waals surface area contributed by atoms with E-state index in [0.29, 0.717) is 5.92 Å². The third kappa shape index (κ3) is 3.03. The molecule has 1 aliphatic rings. The molecule has 0 spiro atoms. The van der Waals surface area contributed by atoms with Crippen molar-refractivity contribution in [1.82, 2.24) is 0 Å². The smallest absolute Gasteiger partial charge is 0.0983 e. The Hall–Kier alpha value is -0.570. The maximum atomic E-state index is 12.7. The molecule has 0 bridgehead atoms. The number of quaternary nitrogens is 1. The van der Waals surface area contributed by atoms with Gasteiger partial charge in [-0.25, -0.2) is 0 Å². The van der Waals surface area contributed by atoms with Gasteiger partial charge in [0.15, 0.2) is 0 Å². The Morgan fingerprint density at radius 2 is 1.75 bits per heavy atom. The van der Waals surface area contributed by atoms with Gasteiger partial charge in [0.1, 0.15) is 0 Å². The van der Waals surface area contributed by atoms with E-state index < -0.39 is 0 Å². The van der Waals surface area contributed by atoms with Crippen LogP contribution in [0.25, 0.3) is 0 Å². The van der Waals surface area contributed by atoms with Crippen LogP contribution in [0.2, 0.25) is 5.02 Å². The van der Waals surface area contributed by atoms with Crippen molar-refractivity contribution < 1.29 is 4.65 Å². The molecule has 3 heteroatoms. The van der Waals surface area contributed by atoms with E-state index in [1.54, 1.807) is 14.1 Å². The molecule has 0 N–H and O–H groups in total. The second-order valence-electron chi connectivity index (χ2n) is 7.10. The number of nitrogens with zero attached hydrogens (tertiary/aromatic N) is 1. The second-order valence-corrected chi connectivity index (χ2v) is 7.53. The van der Waals surface area contributed by atoms with Crippen molar-refractivity contribution in [3.8, 4) is 0 Å². The van der Waals surface area contributed by atoms with Crippen molar-refractivity contribution in [3.05, 3.63) is 40.1 Å². The highest BCUT2D eigenvalue weighted by molar-refractivity contribution is 6.30. The lowest BCUT2D eigenvalue weighted by Crippen LogP contribution is -2.59. The first kappa shape index (κ1) is 15.8. The number of rotatable bonds is 5. The van der Waals surface area contributed by atoms with Gasteiger partial charge in [-0.3, -0.25) is 0 Å². The molecule has 0 aromatic heterocycles. The molecule has 1 atom stereocenters. The zero-order valence-corrected chi connectivity index (χ0v) is 13.8. The normalized spacial score (nSPS) is 19.8. The van der Waals surface area contributed by atoms with Crippen molar-refractivity contribution in [2.75, 3.05) is 14.1 Å². The van der Waals surface area contributed by atoms with E-state index in [9.17, 15) is 5.21 Å². The Kier molecular flexibility index (Phi) is 4.48. The number of benzene rings is 1. The molecule has 0 saturated heterocycles. The van der Waals surface area contributed by atoms with Gasteiger partial charge in [0, 0.05) is 16.9 Å². The molecule has 1 fully saturated rings. The third-order valence-corrected chi connectivity index (χ3v) is 5.00. The molecule has 0 amide bonds. The summed E-state index contributed by atoms with van der Waals surface area (Å²) in [6.45, 7) is 4.41. The average Bonchev–Trinajstić information content (AvgIpc) is 2.27. The van der Waals surface area contributed by atoms with Gasteiger partial charge in [-0.15, -0.1) is 0 Å². The number of hydrogen-bond donors (Lipinski definition) is 0. The summed E-state index contributed by atoms with van der Waals surface area (Å²) in [7, 11) is 3.59. The molecule has 112 valence electrons. The van der Waals surface area contributed by atoms with Gasteiger partial charge in [-0.2, -0.15) is 0 Å². The van der Waals surface area contributed by atoms with Crippen LogP contribution < -0.4 is 0 Å². The molecule has 2 nitrogen and oxygen atoms in total. The van der Waals surface area contributed by atoms with Gasteiger partial charge in [-0.05, 0) is 36.5 Å². The highest BCUT2D eigenvalue weighted by atomic mass is 35.5. The SMILES string of the molecule is CC(C)CC(C1(c2ccc(Cl)cc2)CCC1)[N+](C)(C)[O-]. The van der Waals surface area contributed by atoms with E-state index >= 15 is 0 Å². The first-order valence-electron chi connectivity index (χ1n) is 7.56. The van der Waals surface area contributed by atoms with Gasteiger partial charge in [0.25, 0.3) is 0 Å². The summed E-state index contributed by atoms with van der Waals surface area (Å²) in [5.41, 5.74) is 1.33. The lowest BCUT2D eigenvalue weighted by molar-refractivity contribution is -0.874. The minimum atomic E-state index is -0.208. The van der Waals surface area contributed by atoms with Gasteiger partial charge >= 0.3 is 0 Å². The monoisotopic (exact) mass is 295 g/mol. The molecule has 1 aromatic carbocycles. The molecular weight excluding hydrogens is 270 g/mol. The summed E-state index contributed by atoms with van der Waals surface area (Å²) >= 11 is 6.01. The highest BCUT2D eigenvalue weighted by Crippen LogP contribution is 2.50. The average molecular weight is 296 g/mol. The number of likely N-dealkylation sites (N-methyl/N-ethyl adjacent to an activating group) is 1. The summed E-state index contributed by atoms with van der Waals surface area (Å²) in [6, 6.07) is 8.26. The molecule has 2 rings (SSSR count). The fourth-order valence-corrected chi connectivity index (χ4v) is 3.80. The van der Waals surface area contributed by atoms with Crippen LogP contribution in [0, 0.1) is 11.1 Å². The van der Waals surface area contributed by atoms with Crippen LogP contribution in [-0.2, 0) is 5.41 Å². The van der Waals surface area contributed by atoms with Crippen LogP contribution in [0.1, 0.15) is 45.1 Å². The lowest BCUT2D eigenvalue weighted by atomic mass is 9.58. The summed E-state index contributed by atoms with van der Waals surface area (Å²) in [4.78, 5) is 0. The topological polar surface area (TPSA) is 23.1 Å². The van der Waals surface area contributed by atoms with Crippen LogP contribution in [0.4, 0.5) is 0 Å². The minimum absolute atomic E-state index is 0.0418. The van der Waals surface area contributed by atoms with Crippen LogP contribution in [0.3, 0.4) is 0 Å². The van der Waals surface area contributed by atoms with E-state index in [2.05, 4.69) is 26.0 Å². The van der Waals surface area contributed by atoms with Crippen molar-refractivity contribution in [2.45, 2.75) is 51.0 Å². The maximum Gasteiger partial charge on any atom is 0.0983 e. The first-order valence-corrected chi connectivity index (χ1v) is 7.94. The molecule has 0 radical (unpaired) electrons. The van der Waals surface area contributed by atoms with Crippen molar-refractivity contribution in [3.63, 3.8) is 0 Å². The van der Waals surface area contributed by atoms with Crippen LogP contribution >= 0.6 is 11.6 Å². The van der Waals surface area contributed by atoms with Crippen LogP contribution in [0.15, 0.2) is 24.3 Å². The predicted octanol–water partition coefficient (Wildman–Crippen LogP) is 4.75. The zero-order chi connectivity index (χ0) is 15.0. The van der Waals surface area contributed by atoms with Crippen molar-refractivity contribution in [2.24, 2.45) is 5.92 Å². The fourth-order valence-electron chi connectivity index (χ4n) is 3.67. The molecule has 1 unspecified atom stereocenters. The molecule has 1 saturated carbocycles. The largest absolute Gasteiger partial charge is 0.633 e. The van der Waals surface area contributed by atoms with E-state index in [1.165, 1.54) is 12.0 Å². The van der Waals surface area contributed by atoms with Gasteiger partial charge < -0.3 is 9.85 Å². The number of halogens is 1. The fraction of sp³-hybridized carbons (Fsp3) is 0.647. The van der Waals surface area contributed by atoms with Crippen molar-refractivity contribution >= 4 is 11.6 Å². The Morgan fingerprint density at radius 3 is 2.10 bits per heavy atom. The van der Waals surface area contributed by atoms with Crippen molar-refractivity contribution in [1.29, 1.82) is 0 Å². The van der Waals surface area contributed by atoms with Crippen LogP contribution in [0.5, 0.6) is 0 Å². The lowest BCUT2D eigenvalue weighted by Gasteiger charge is -2.56. The molecule has 1 aromatic rings. The highest BCUT2D eigenvalue weighted by Gasteiger charge is 2.50. The molecule has 1 aliphatic carbocycles. The first-order chi connectivity index (χ1) is 9.25. The van der Waals surface area contributed by atoms with E-state index in [-0.39, 0.29) is 16.1 Å². The Balaban J connectivity index is 2.38. The summed E-state index contributed by atoms with van der Waals surface area (Å²) in [5.74, 6) is 0.538. The van der Waals surface area contributed by atoms with E-state index in [4.69, 9.17) is 11.6 Å². The van der Waals surface area contributed by atoms with Gasteiger partial charge in [0.2, 0.25) is 0 Å². The molecule has 0 heterocycles. The van der Waals surface area contributed by atoms with Gasteiger partial charge in [-0.1, -0.05) is 44.0 Å². The molecule has 0 aliphatic heterocycles. The Labute approximate surface area is 127 Å². The second kappa shape index (κ2) is 5.67. The third-order valence-electron chi connectivity index (χ3n) is 4.75. The summed E-state index contributed by atoms with van der Waals surface area (Å²) < 4.78 is -0.208. The number of hydrogen-bond acceptors (Lipinski definition) is 1. The minimum Gasteiger partial charge on any atom is -0.633 e. The zero-order valence-electron chi connectivity index (χ0n) is 13.0. The maximum absolute atomic E-state index is 12.7. The van der Waals surface area contributed by atoms with Gasteiger partial charge in [0.05, 0.1) is 20.1 Å². The Bertz CT molecular complexity index is 443. The quantitative estimate of drug-likeness (QED) is 0.568. The summed E-state index contributed by atoms with van der Waals surface area (Å²) in [5, 5.41) is 13.5. The number of hydroxylamine groups is 3.